The van der Waals surface area contributed by atoms with E-state index in [-0.39, 0.29) is 52.9 Å². The number of rotatable bonds is 7. The molecule has 0 aromatic rings. The van der Waals surface area contributed by atoms with Crippen LogP contribution in [0.1, 0.15) is 72.1 Å². The molecule has 0 bridgehead atoms. The molecule has 8 nitrogen and oxygen atoms in total. The van der Waals surface area contributed by atoms with Gasteiger partial charge in [0, 0.05) is 43.4 Å². The first-order valence-corrected chi connectivity index (χ1v) is 14.6. The first kappa shape index (κ1) is 29.2. The summed E-state index contributed by atoms with van der Waals surface area (Å²) in [7, 11) is -6.22. The number of ketones is 3. The first-order chi connectivity index (χ1) is 17.5. The zero-order valence-corrected chi connectivity index (χ0v) is 22.5. The van der Waals surface area contributed by atoms with E-state index in [1.807, 2.05) is 0 Å². The average molecular weight is 564 g/mol. The topological polar surface area (TPSA) is 135 Å². The predicted molar refractivity (Wildman–Crippen MR) is 125 cm³/mol. The number of esters is 1. The monoisotopic (exact) mass is 563 g/mol. The molecule has 9 atom stereocenters. The van der Waals surface area contributed by atoms with E-state index < -0.39 is 57.8 Å². The molecule has 0 aliphatic heterocycles. The van der Waals surface area contributed by atoms with Crippen molar-refractivity contribution in [2.75, 3.05) is 6.61 Å². The summed E-state index contributed by atoms with van der Waals surface area (Å²) in [6.45, 7) is 4.55. The summed E-state index contributed by atoms with van der Waals surface area (Å²) in [5.41, 5.74) is -1.26. The normalized spacial score (nSPS) is 39.1. The van der Waals surface area contributed by atoms with Gasteiger partial charge in [-0.1, -0.05) is 20.8 Å². The molecule has 38 heavy (non-hydrogen) atoms. The van der Waals surface area contributed by atoms with Crippen LogP contribution >= 0.6 is 0 Å². The lowest BCUT2D eigenvalue weighted by molar-refractivity contribution is -0.168. The number of fused-ring (bicyclic) bond motifs is 5. The zero-order valence-electron chi connectivity index (χ0n) is 21.7. The molecule has 0 heterocycles. The van der Waals surface area contributed by atoms with Crippen LogP contribution in [0.3, 0.4) is 0 Å². The molecule has 4 rings (SSSR count). The molecule has 5 unspecified atom stereocenters. The molecule has 4 saturated carbocycles. The molecule has 0 radical (unpaired) electrons. The molecule has 12 heteroatoms. The fourth-order valence-corrected chi connectivity index (χ4v) is 8.60. The van der Waals surface area contributed by atoms with Gasteiger partial charge in [-0.25, -0.2) is 12.8 Å². The van der Waals surface area contributed by atoms with Crippen molar-refractivity contribution in [1.82, 2.24) is 0 Å². The van der Waals surface area contributed by atoms with Crippen molar-refractivity contribution in [3.63, 3.8) is 0 Å². The minimum absolute atomic E-state index is 0.0402. The second kappa shape index (κ2) is 9.67. The van der Waals surface area contributed by atoms with Gasteiger partial charge in [-0.2, -0.15) is 8.78 Å². The molecule has 4 aliphatic carbocycles. The molecule has 0 aromatic carbocycles. The van der Waals surface area contributed by atoms with Gasteiger partial charge in [0.05, 0.1) is 12.5 Å². The molecule has 214 valence electrons. The van der Waals surface area contributed by atoms with Gasteiger partial charge in [0.25, 0.3) is 0 Å². The molecule has 0 amide bonds. The van der Waals surface area contributed by atoms with Crippen LogP contribution in [0.25, 0.3) is 0 Å². The van der Waals surface area contributed by atoms with Crippen LogP contribution in [0.4, 0.5) is 13.2 Å². The zero-order chi connectivity index (χ0) is 28.4. The average Bonchev–Trinajstić information content (AvgIpc) is 3.17. The van der Waals surface area contributed by atoms with Crippen molar-refractivity contribution in [2.45, 2.75) is 83.6 Å². The van der Waals surface area contributed by atoms with Crippen LogP contribution in [0, 0.1) is 46.3 Å². The van der Waals surface area contributed by atoms with Crippen molar-refractivity contribution in [3.8, 4) is 0 Å². The summed E-state index contributed by atoms with van der Waals surface area (Å²) in [6.07, 6.45) is -1.55. The van der Waals surface area contributed by atoms with Crippen LogP contribution in [0.5, 0.6) is 0 Å². The third-order valence-corrected chi connectivity index (χ3v) is 11.4. The fraction of sp³-hybridized carbons (Fsp3) is 0.846. The number of halogens is 3. The van der Waals surface area contributed by atoms with Crippen molar-refractivity contribution in [3.05, 3.63) is 0 Å². The van der Waals surface area contributed by atoms with Gasteiger partial charge in [0.15, 0.2) is 16.3 Å². The van der Waals surface area contributed by atoms with Gasteiger partial charge in [-0.05, 0) is 48.3 Å². The summed E-state index contributed by atoms with van der Waals surface area (Å²) in [6, 6.07) is 0. The van der Waals surface area contributed by atoms with Gasteiger partial charge in [0.2, 0.25) is 0 Å². The molecular weight excluding hydrogens is 529 g/mol. The smallest absolute Gasteiger partial charge is 0.364 e. The molecule has 0 aromatic heterocycles. The Morgan fingerprint density at radius 2 is 1.79 bits per heavy atom. The molecule has 0 N–H and O–H groups in total. The summed E-state index contributed by atoms with van der Waals surface area (Å²) in [4.78, 5) is 52.0. The van der Waals surface area contributed by atoms with Gasteiger partial charge >= 0.3 is 11.2 Å². The van der Waals surface area contributed by atoms with Crippen LogP contribution in [0.2, 0.25) is 0 Å². The quantitative estimate of drug-likeness (QED) is 0.339. The highest BCUT2D eigenvalue weighted by molar-refractivity contribution is 7.86. The van der Waals surface area contributed by atoms with Gasteiger partial charge in [-0.15, -0.1) is 0 Å². The highest BCUT2D eigenvalue weighted by atomic mass is 32.2. The largest absolute Gasteiger partial charge is 0.743 e. The number of carbonyl (C=O) groups is 4. The number of ether oxygens (including phenoxy) is 1. The first-order valence-electron chi connectivity index (χ1n) is 13.2. The highest BCUT2D eigenvalue weighted by Gasteiger charge is 2.66. The minimum atomic E-state index is -6.22. The third kappa shape index (κ3) is 4.43. The van der Waals surface area contributed by atoms with Crippen LogP contribution < -0.4 is 0 Å². The highest BCUT2D eigenvalue weighted by Crippen LogP contribution is 2.66. The maximum atomic E-state index is 13.7. The Hall–Kier alpha value is -1.82. The van der Waals surface area contributed by atoms with Crippen molar-refractivity contribution >= 4 is 33.4 Å². The molecular formula is C26H34F3O8S-. The van der Waals surface area contributed by atoms with Gasteiger partial charge < -0.3 is 9.29 Å². The minimum Gasteiger partial charge on any atom is -0.743 e. The lowest BCUT2D eigenvalue weighted by Crippen LogP contribution is -2.60. The number of alkyl halides is 3. The SMILES string of the molecule is C[C@H](C(=O)OCCC(F)C(F)(F)S(=O)(=O)[O-])[C@H]1CCC2C3C(=O)CC4CC(=O)CC[C@]4(C)C3CC(=O)[C@@]21C. The maximum absolute atomic E-state index is 13.7. The molecule has 4 fully saturated rings. The van der Waals surface area contributed by atoms with Crippen molar-refractivity contribution in [2.24, 2.45) is 46.3 Å². The van der Waals surface area contributed by atoms with Crippen molar-refractivity contribution in [1.29, 1.82) is 0 Å². The Balaban J connectivity index is 1.46. The fourth-order valence-electron chi connectivity index (χ4n) is 8.17. The third-order valence-electron chi connectivity index (χ3n) is 10.5. The van der Waals surface area contributed by atoms with E-state index in [1.54, 1.807) is 6.92 Å². The summed E-state index contributed by atoms with van der Waals surface area (Å²) >= 11 is 0. The lowest BCUT2D eigenvalue weighted by atomic mass is 9.44. The van der Waals surface area contributed by atoms with Gasteiger partial charge in [0.1, 0.15) is 17.3 Å². The van der Waals surface area contributed by atoms with E-state index in [1.165, 1.54) is 6.92 Å². The molecule has 0 spiro atoms. The Morgan fingerprint density at radius 1 is 1.13 bits per heavy atom. The van der Waals surface area contributed by atoms with Crippen LogP contribution in [-0.4, -0.2) is 54.3 Å². The Labute approximate surface area is 220 Å². The van der Waals surface area contributed by atoms with E-state index >= 15 is 0 Å². The summed E-state index contributed by atoms with van der Waals surface area (Å²) < 4.78 is 77.1. The molecule has 4 aliphatic rings. The number of hydrogen-bond acceptors (Lipinski definition) is 8. The molecule has 0 saturated heterocycles. The van der Waals surface area contributed by atoms with E-state index in [9.17, 15) is 45.3 Å². The lowest BCUT2D eigenvalue weighted by Gasteiger charge is -2.58. The maximum Gasteiger partial charge on any atom is 0.364 e. The number of hydrogen-bond donors (Lipinski definition) is 0. The Bertz CT molecular complexity index is 1140. The second-order valence-corrected chi connectivity index (χ2v) is 13.6. The van der Waals surface area contributed by atoms with Gasteiger partial charge in [-0.3, -0.25) is 19.2 Å². The number of Topliss-reactive ketones (excluding diaryl/α,β-unsaturated/α-hetero) is 3. The Morgan fingerprint density at radius 3 is 2.42 bits per heavy atom. The van der Waals surface area contributed by atoms with E-state index in [0.29, 0.717) is 38.5 Å². The summed E-state index contributed by atoms with van der Waals surface area (Å²) in [5.74, 6) is -2.85. The number of carbonyl (C=O) groups excluding carboxylic acids is 4. The summed E-state index contributed by atoms with van der Waals surface area (Å²) in [5, 5.41) is -5.14. The standard InChI is InChI=1S/C26H35F3O8S/c1-13(23(33)37-9-7-20(27)26(28,29)38(34,35)36)16-4-5-17-22-18(12-21(32)25(16,17)3)24(2)8-6-15(30)10-14(24)11-19(22)31/h13-14,16-18,20,22H,4-12H2,1-3H3,(H,34,35,36)/p-1/t13-,14?,16+,17?,18?,20?,22?,24-,25+/m0/s1. The predicted octanol–water partition coefficient (Wildman–Crippen LogP) is 3.62. The van der Waals surface area contributed by atoms with Crippen molar-refractivity contribution < 1.29 is 50.1 Å². The van der Waals surface area contributed by atoms with E-state index in [0.717, 1.165) is 0 Å². The van der Waals surface area contributed by atoms with Crippen LogP contribution in [-0.2, 0) is 34.0 Å². The van der Waals surface area contributed by atoms with E-state index in [4.69, 9.17) is 4.74 Å². The second-order valence-electron chi connectivity index (χ2n) is 12.2. The van der Waals surface area contributed by atoms with E-state index in [2.05, 4.69) is 6.92 Å². The Kier molecular flexibility index (Phi) is 7.43. The van der Waals surface area contributed by atoms with Crippen LogP contribution in [0.15, 0.2) is 0 Å².